The van der Waals surface area contributed by atoms with Crippen LogP contribution in [0.4, 0.5) is 5.82 Å². The van der Waals surface area contributed by atoms with Crippen molar-refractivity contribution in [3.63, 3.8) is 0 Å². The zero-order valence-corrected chi connectivity index (χ0v) is 10.9. The highest BCUT2D eigenvalue weighted by molar-refractivity contribution is 5.35. The highest BCUT2D eigenvalue weighted by Gasteiger charge is 2.17. The SMILES string of the molecule is c1cnc(N2CCN(CCn3ccnc3)CC2)cn1. The molecule has 0 saturated carbocycles. The minimum atomic E-state index is 0.983. The lowest BCUT2D eigenvalue weighted by atomic mass is 10.3. The summed E-state index contributed by atoms with van der Waals surface area (Å²) in [5, 5.41) is 0. The molecule has 3 heterocycles. The molecule has 19 heavy (non-hydrogen) atoms. The lowest BCUT2D eigenvalue weighted by Crippen LogP contribution is -2.47. The fourth-order valence-corrected chi connectivity index (χ4v) is 2.33. The van der Waals surface area contributed by atoms with E-state index in [0.29, 0.717) is 0 Å². The van der Waals surface area contributed by atoms with Crippen LogP contribution in [0.2, 0.25) is 0 Å². The van der Waals surface area contributed by atoms with E-state index in [1.54, 1.807) is 12.4 Å². The second-order valence-corrected chi connectivity index (χ2v) is 4.69. The molecule has 0 spiro atoms. The molecule has 1 aliphatic rings. The lowest BCUT2D eigenvalue weighted by molar-refractivity contribution is 0.247. The summed E-state index contributed by atoms with van der Waals surface area (Å²) in [7, 11) is 0. The van der Waals surface area contributed by atoms with Gasteiger partial charge in [0.1, 0.15) is 5.82 Å². The third-order valence-corrected chi connectivity index (χ3v) is 3.48. The second kappa shape index (κ2) is 5.79. The van der Waals surface area contributed by atoms with Crippen LogP contribution in [-0.4, -0.2) is 57.1 Å². The normalized spacial score (nSPS) is 16.7. The number of anilines is 1. The first-order valence-electron chi connectivity index (χ1n) is 6.61. The van der Waals surface area contributed by atoms with Gasteiger partial charge in [-0.3, -0.25) is 9.88 Å². The smallest absolute Gasteiger partial charge is 0.147 e. The number of nitrogens with zero attached hydrogens (tertiary/aromatic N) is 6. The van der Waals surface area contributed by atoms with Gasteiger partial charge in [-0.1, -0.05) is 0 Å². The molecule has 2 aromatic heterocycles. The quantitative estimate of drug-likeness (QED) is 0.799. The minimum Gasteiger partial charge on any atom is -0.353 e. The van der Waals surface area contributed by atoms with Gasteiger partial charge in [-0.2, -0.15) is 0 Å². The van der Waals surface area contributed by atoms with Crippen molar-refractivity contribution in [1.29, 1.82) is 0 Å². The van der Waals surface area contributed by atoms with E-state index < -0.39 is 0 Å². The molecule has 6 heteroatoms. The van der Waals surface area contributed by atoms with Crippen molar-refractivity contribution < 1.29 is 0 Å². The maximum absolute atomic E-state index is 4.35. The summed E-state index contributed by atoms with van der Waals surface area (Å²) in [6, 6.07) is 0. The predicted octanol–water partition coefficient (Wildman–Crippen LogP) is 0.495. The van der Waals surface area contributed by atoms with Gasteiger partial charge >= 0.3 is 0 Å². The van der Waals surface area contributed by atoms with Crippen LogP contribution in [-0.2, 0) is 6.54 Å². The van der Waals surface area contributed by atoms with Crippen LogP contribution in [0, 0.1) is 0 Å². The Balaban J connectivity index is 1.47. The van der Waals surface area contributed by atoms with E-state index in [0.717, 1.165) is 45.1 Å². The van der Waals surface area contributed by atoms with Crippen LogP contribution in [0.3, 0.4) is 0 Å². The van der Waals surface area contributed by atoms with Crippen molar-refractivity contribution in [2.24, 2.45) is 0 Å². The summed E-state index contributed by atoms with van der Waals surface area (Å²) < 4.78 is 2.12. The Morgan fingerprint density at radius 1 is 0.947 bits per heavy atom. The first kappa shape index (κ1) is 12.1. The van der Waals surface area contributed by atoms with E-state index in [9.17, 15) is 0 Å². The monoisotopic (exact) mass is 258 g/mol. The first-order chi connectivity index (χ1) is 9.42. The number of imidazole rings is 1. The molecule has 0 atom stereocenters. The zero-order valence-electron chi connectivity index (χ0n) is 10.9. The standard InChI is InChI=1S/C13H18N6/c1-2-16-13(11-14-1)19-9-7-17(8-10-19)5-6-18-4-3-15-12-18/h1-4,11-12H,5-10H2. The molecule has 3 rings (SSSR count). The van der Waals surface area contributed by atoms with E-state index >= 15 is 0 Å². The van der Waals surface area contributed by atoms with Crippen molar-refractivity contribution in [2.45, 2.75) is 6.54 Å². The Bertz CT molecular complexity index is 475. The van der Waals surface area contributed by atoms with Crippen LogP contribution in [0.1, 0.15) is 0 Å². The summed E-state index contributed by atoms with van der Waals surface area (Å²) in [6.07, 6.45) is 11.0. The number of piperazine rings is 1. The van der Waals surface area contributed by atoms with Crippen molar-refractivity contribution in [3.8, 4) is 0 Å². The van der Waals surface area contributed by atoms with Crippen molar-refractivity contribution in [2.75, 3.05) is 37.6 Å². The fourth-order valence-electron chi connectivity index (χ4n) is 2.33. The lowest BCUT2D eigenvalue weighted by Gasteiger charge is -2.35. The van der Waals surface area contributed by atoms with E-state index in [1.807, 2.05) is 24.9 Å². The molecule has 100 valence electrons. The molecule has 0 aliphatic carbocycles. The van der Waals surface area contributed by atoms with Gasteiger partial charge in [0, 0.05) is 64.1 Å². The Morgan fingerprint density at radius 2 is 1.84 bits per heavy atom. The molecule has 0 radical (unpaired) electrons. The summed E-state index contributed by atoms with van der Waals surface area (Å²) in [5.74, 6) is 0.983. The number of aromatic nitrogens is 4. The van der Waals surface area contributed by atoms with E-state index in [-0.39, 0.29) is 0 Å². The van der Waals surface area contributed by atoms with Gasteiger partial charge in [0.25, 0.3) is 0 Å². The number of hydrogen-bond donors (Lipinski definition) is 0. The highest BCUT2D eigenvalue weighted by Crippen LogP contribution is 2.11. The molecule has 0 bridgehead atoms. The first-order valence-corrected chi connectivity index (χ1v) is 6.61. The third kappa shape index (κ3) is 3.08. The van der Waals surface area contributed by atoms with E-state index in [4.69, 9.17) is 0 Å². The van der Waals surface area contributed by atoms with Gasteiger partial charge in [0.2, 0.25) is 0 Å². The largest absolute Gasteiger partial charge is 0.353 e. The Kier molecular flexibility index (Phi) is 3.69. The Labute approximate surface area is 112 Å². The Hall–Kier alpha value is -1.95. The summed E-state index contributed by atoms with van der Waals surface area (Å²) in [6.45, 7) is 6.26. The minimum absolute atomic E-state index is 0.983. The van der Waals surface area contributed by atoms with Crippen LogP contribution in [0.5, 0.6) is 0 Å². The molecule has 6 nitrogen and oxygen atoms in total. The van der Waals surface area contributed by atoms with Gasteiger partial charge in [-0.05, 0) is 0 Å². The van der Waals surface area contributed by atoms with Crippen LogP contribution < -0.4 is 4.90 Å². The molecular weight excluding hydrogens is 240 g/mol. The summed E-state index contributed by atoms with van der Waals surface area (Å²) in [4.78, 5) is 17.3. The second-order valence-electron chi connectivity index (χ2n) is 4.69. The average molecular weight is 258 g/mol. The van der Waals surface area contributed by atoms with Crippen LogP contribution in [0.15, 0.2) is 37.3 Å². The molecule has 0 unspecified atom stereocenters. The molecule has 1 saturated heterocycles. The maximum Gasteiger partial charge on any atom is 0.147 e. The topological polar surface area (TPSA) is 50.1 Å². The zero-order chi connectivity index (χ0) is 12.9. The van der Waals surface area contributed by atoms with E-state index in [1.165, 1.54) is 0 Å². The third-order valence-electron chi connectivity index (χ3n) is 3.48. The molecule has 1 fully saturated rings. The van der Waals surface area contributed by atoms with E-state index in [2.05, 4.69) is 29.3 Å². The van der Waals surface area contributed by atoms with Crippen molar-refractivity contribution in [3.05, 3.63) is 37.3 Å². The van der Waals surface area contributed by atoms with Gasteiger partial charge < -0.3 is 9.47 Å². The molecule has 0 N–H and O–H groups in total. The molecule has 0 amide bonds. The van der Waals surface area contributed by atoms with Gasteiger partial charge in [-0.15, -0.1) is 0 Å². The summed E-state index contributed by atoms with van der Waals surface area (Å²) >= 11 is 0. The average Bonchev–Trinajstić information content (AvgIpc) is 3.00. The Morgan fingerprint density at radius 3 is 2.53 bits per heavy atom. The molecule has 1 aliphatic heterocycles. The molecule has 0 aromatic carbocycles. The van der Waals surface area contributed by atoms with Crippen LogP contribution >= 0.6 is 0 Å². The summed E-state index contributed by atoms with van der Waals surface area (Å²) in [5.41, 5.74) is 0. The predicted molar refractivity (Wildman–Crippen MR) is 72.9 cm³/mol. The fraction of sp³-hybridized carbons (Fsp3) is 0.462. The van der Waals surface area contributed by atoms with Crippen molar-refractivity contribution >= 4 is 5.82 Å². The van der Waals surface area contributed by atoms with Gasteiger partial charge in [0.15, 0.2) is 0 Å². The van der Waals surface area contributed by atoms with Crippen molar-refractivity contribution in [1.82, 2.24) is 24.4 Å². The molecule has 2 aromatic rings. The van der Waals surface area contributed by atoms with Gasteiger partial charge in [0.05, 0.1) is 12.5 Å². The number of rotatable bonds is 4. The van der Waals surface area contributed by atoms with Gasteiger partial charge in [-0.25, -0.2) is 9.97 Å². The molecular formula is C13H18N6. The highest BCUT2D eigenvalue weighted by atomic mass is 15.3. The van der Waals surface area contributed by atoms with Crippen LogP contribution in [0.25, 0.3) is 0 Å². The number of hydrogen-bond acceptors (Lipinski definition) is 5. The maximum atomic E-state index is 4.35.